The zero-order valence-corrected chi connectivity index (χ0v) is 18.6. The van der Waals surface area contributed by atoms with Gasteiger partial charge in [-0.05, 0) is 44.2 Å². The number of anilines is 1. The molecule has 0 unspecified atom stereocenters. The lowest BCUT2D eigenvalue weighted by molar-refractivity contribution is -0.118. The van der Waals surface area contributed by atoms with Gasteiger partial charge in [-0.15, -0.1) is 0 Å². The van der Waals surface area contributed by atoms with E-state index < -0.39 is 5.91 Å². The number of primary amides is 1. The van der Waals surface area contributed by atoms with E-state index in [-0.39, 0.29) is 25.4 Å². The van der Waals surface area contributed by atoms with E-state index in [0.29, 0.717) is 21.5 Å². The van der Waals surface area contributed by atoms with Crippen LogP contribution in [0.25, 0.3) is 5.69 Å². The number of aromatic nitrogens is 2. The van der Waals surface area contributed by atoms with Crippen LogP contribution in [0.3, 0.4) is 0 Å². The van der Waals surface area contributed by atoms with Gasteiger partial charge in [0.05, 0.1) is 46.6 Å². The largest absolute Gasteiger partial charge is 0.491 e. The summed E-state index contributed by atoms with van der Waals surface area (Å²) < 4.78 is 7.31. The highest BCUT2D eigenvalue weighted by Crippen LogP contribution is 2.27. The van der Waals surface area contributed by atoms with E-state index >= 15 is 0 Å². The second kappa shape index (κ2) is 9.85. The third-order valence-electron chi connectivity index (χ3n) is 4.69. The second-order valence-corrected chi connectivity index (χ2v) is 7.76. The van der Waals surface area contributed by atoms with Crippen molar-refractivity contribution in [2.75, 3.05) is 11.9 Å². The molecule has 1 heterocycles. The van der Waals surface area contributed by atoms with E-state index in [1.165, 1.54) is 0 Å². The molecule has 0 aliphatic rings. The van der Waals surface area contributed by atoms with Gasteiger partial charge in [0.15, 0.2) is 0 Å². The fourth-order valence-corrected chi connectivity index (χ4v) is 3.40. The van der Waals surface area contributed by atoms with Gasteiger partial charge in [0.1, 0.15) is 5.75 Å². The molecular weight excluding hydrogens is 439 g/mol. The summed E-state index contributed by atoms with van der Waals surface area (Å²) in [4.78, 5) is 23.7. The van der Waals surface area contributed by atoms with Crippen molar-refractivity contribution in [3.63, 3.8) is 0 Å². The van der Waals surface area contributed by atoms with Gasteiger partial charge in [-0.3, -0.25) is 9.59 Å². The Morgan fingerprint density at radius 3 is 2.58 bits per heavy atom. The first kappa shape index (κ1) is 22.7. The fraction of sp³-hybridized carbons (Fsp3) is 0.227. The van der Waals surface area contributed by atoms with Gasteiger partial charge in [-0.1, -0.05) is 35.3 Å². The predicted octanol–water partition coefficient (Wildman–Crippen LogP) is 4.23. The predicted molar refractivity (Wildman–Crippen MR) is 121 cm³/mol. The summed E-state index contributed by atoms with van der Waals surface area (Å²) >= 11 is 12.1. The maximum absolute atomic E-state index is 12.7. The minimum atomic E-state index is -0.452. The third kappa shape index (κ3) is 5.57. The van der Waals surface area contributed by atoms with E-state index in [1.54, 1.807) is 41.1 Å². The number of ether oxygens (including phenoxy) is 1. The Kier molecular flexibility index (Phi) is 7.20. The maximum Gasteiger partial charge on any atom is 0.229 e. The van der Waals surface area contributed by atoms with Crippen molar-refractivity contribution in [2.45, 2.75) is 26.7 Å². The molecule has 0 spiro atoms. The van der Waals surface area contributed by atoms with Gasteiger partial charge < -0.3 is 15.8 Å². The van der Waals surface area contributed by atoms with Crippen LogP contribution in [-0.2, 0) is 16.0 Å². The molecule has 0 fully saturated rings. The summed E-state index contributed by atoms with van der Waals surface area (Å²) in [5.41, 5.74) is 8.80. The molecule has 9 heteroatoms. The molecule has 7 nitrogen and oxygen atoms in total. The Bertz CT molecular complexity index is 1130. The third-order valence-corrected chi connectivity index (χ3v) is 5.43. The van der Waals surface area contributed by atoms with Crippen molar-refractivity contribution < 1.29 is 14.3 Å². The van der Waals surface area contributed by atoms with E-state index in [9.17, 15) is 9.59 Å². The van der Waals surface area contributed by atoms with Crippen LogP contribution in [0.2, 0.25) is 10.0 Å². The Morgan fingerprint density at radius 2 is 1.87 bits per heavy atom. The van der Waals surface area contributed by atoms with Gasteiger partial charge in [0.2, 0.25) is 11.8 Å². The van der Waals surface area contributed by atoms with Crippen LogP contribution in [0.15, 0.2) is 42.5 Å². The molecule has 31 heavy (non-hydrogen) atoms. The molecular formula is C22H22Cl2N4O3. The number of nitrogens with one attached hydrogen (secondary N) is 1. The average Bonchev–Trinajstić information content (AvgIpc) is 2.99. The highest BCUT2D eigenvalue weighted by molar-refractivity contribution is 6.42. The minimum absolute atomic E-state index is 0.0918. The molecule has 2 amide bonds. The van der Waals surface area contributed by atoms with Gasteiger partial charge in [-0.2, -0.15) is 5.10 Å². The number of rotatable bonds is 8. The van der Waals surface area contributed by atoms with E-state index in [0.717, 1.165) is 22.6 Å². The number of benzene rings is 2. The van der Waals surface area contributed by atoms with Crippen LogP contribution in [0, 0.1) is 13.8 Å². The number of para-hydroxylation sites is 2. The molecule has 162 valence electrons. The van der Waals surface area contributed by atoms with Crippen LogP contribution < -0.4 is 15.8 Å². The summed E-state index contributed by atoms with van der Waals surface area (Å²) in [6.45, 7) is 3.88. The zero-order chi connectivity index (χ0) is 22.5. The number of nitrogens with two attached hydrogens (primary N) is 1. The molecule has 0 aliphatic heterocycles. The van der Waals surface area contributed by atoms with E-state index in [4.69, 9.17) is 33.7 Å². The molecule has 3 rings (SSSR count). The first-order valence-corrected chi connectivity index (χ1v) is 10.3. The smallest absolute Gasteiger partial charge is 0.229 e. The van der Waals surface area contributed by atoms with Crippen molar-refractivity contribution in [3.05, 3.63) is 69.5 Å². The molecule has 0 saturated carbocycles. The number of hydrogen-bond donors (Lipinski definition) is 2. The van der Waals surface area contributed by atoms with Crippen LogP contribution in [-0.4, -0.2) is 28.2 Å². The molecule has 0 radical (unpaired) electrons. The Morgan fingerprint density at radius 1 is 1.13 bits per heavy atom. The molecule has 0 atom stereocenters. The molecule has 0 saturated heterocycles. The lowest BCUT2D eigenvalue weighted by Gasteiger charge is -2.12. The molecule has 2 aromatic carbocycles. The van der Waals surface area contributed by atoms with Gasteiger partial charge in [-0.25, -0.2) is 4.68 Å². The molecule has 3 aromatic rings. The summed E-state index contributed by atoms with van der Waals surface area (Å²) in [6, 6.07) is 12.3. The SMILES string of the molecule is Cc1nn(-c2ccc(Cl)c(Cl)c2)c(C)c1CC(=O)Nc1ccccc1OCCC(N)=O. The van der Waals surface area contributed by atoms with E-state index in [2.05, 4.69) is 10.4 Å². The van der Waals surface area contributed by atoms with Crippen molar-refractivity contribution in [2.24, 2.45) is 5.73 Å². The second-order valence-electron chi connectivity index (χ2n) is 6.95. The number of hydrogen-bond acceptors (Lipinski definition) is 4. The lowest BCUT2D eigenvalue weighted by atomic mass is 10.1. The van der Waals surface area contributed by atoms with Crippen molar-refractivity contribution in [3.8, 4) is 11.4 Å². The first-order valence-electron chi connectivity index (χ1n) is 9.56. The van der Waals surface area contributed by atoms with Crippen LogP contribution in [0.4, 0.5) is 5.69 Å². The molecule has 3 N–H and O–H groups in total. The summed E-state index contributed by atoms with van der Waals surface area (Å²) in [7, 11) is 0. The number of carbonyl (C=O) groups excluding carboxylic acids is 2. The average molecular weight is 461 g/mol. The minimum Gasteiger partial charge on any atom is -0.491 e. The molecule has 0 bridgehead atoms. The monoisotopic (exact) mass is 460 g/mol. The number of nitrogens with zero attached hydrogens (tertiary/aromatic N) is 2. The summed E-state index contributed by atoms with van der Waals surface area (Å²) in [5, 5.41) is 8.30. The first-order chi connectivity index (χ1) is 14.8. The van der Waals surface area contributed by atoms with Gasteiger partial charge >= 0.3 is 0 Å². The number of aryl methyl sites for hydroxylation is 1. The van der Waals surface area contributed by atoms with Gasteiger partial charge in [0, 0.05) is 11.3 Å². The maximum atomic E-state index is 12.7. The highest BCUT2D eigenvalue weighted by atomic mass is 35.5. The quantitative estimate of drug-likeness (QED) is 0.525. The molecule has 1 aromatic heterocycles. The standard InChI is InChI=1S/C22H22Cl2N4O3/c1-13-16(14(2)28(27-13)15-7-8-17(23)18(24)11-15)12-22(30)26-19-5-3-4-6-20(19)31-10-9-21(25)29/h3-8,11H,9-10,12H2,1-2H3,(H2,25,29)(H,26,30). The Labute approximate surface area is 190 Å². The van der Waals surface area contributed by atoms with E-state index in [1.807, 2.05) is 19.9 Å². The van der Waals surface area contributed by atoms with Gasteiger partial charge in [0.25, 0.3) is 0 Å². The van der Waals surface area contributed by atoms with Crippen LogP contribution >= 0.6 is 23.2 Å². The van der Waals surface area contributed by atoms with Crippen LogP contribution in [0.5, 0.6) is 5.75 Å². The Balaban J connectivity index is 1.75. The normalized spacial score (nSPS) is 10.7. The number of amides is 2. The summed E-state index contributed by atoms with van der Waals surface area (Å²) in [5.74, 6) is -0.200. The summed E-state index contributed by atoms with van der Waals surface area (Å²) in [6.07, 6.45) is 0.225. The highest BCUT2D eigenvalue weighted by Gasteiger charge is 2.17. The number of carbonyl (C=O) groups is 2. The van der Waals surface area contributed by atoms with Crippen molar-refractivity contribution in [1.82, 2.24) is 9.78 Å². The Hall–Kier alpha value is -3.03. The molecule has 0 aliphatic carbocycles. The van der Waals surface area contributed by atoms with Crippen molar-refractivity contribution in [1.29, 1.82) is 0 Å². The lowest BCUT2D eigenvalue weighted by Crippen LogP contribution is -2.17. The number of halogens is 2. The zero-order valence-electron chi connectivity index (χ0n) is 17.1. The topological polar surface area (TPSA) is 99.2 Å². The van der Waals surface area contributed by atoms with Crippen molar-refractivity contribution >= 4 is 40.7 Å². The fourth-order valence-electron chi connectivity index (χ4n) is 3.11. The van der Waals surface area contributed by atoms with Crippen LogP contribution in [0.1, 0.15) is 23.4 Å².